The first kappa shape index (κ1) is 9.15. The third-order valence-electron chi connectivity index (χ3n) is 2.54. The molecule has 0 unspecified atom stereocenters. The highest BCUT2D eigenvalue weighted by Gasteiger charge is 2.17. The van der Waals surface area contributed by atoms with Crippen LogP contribution in [0.5, 0.6) is 0 Å². The van der Waals surface area contributed by atoms with Crippen molar-refractivity contribution in [2.75, 3.05) is 6.54 Å². The zero-order chi connectivity index (χ0) is 9.97. The minimum absolute atomic E-state index is 0.177. The van der Waals surface area contributed by atoms with E-state index in [1.165, 1.54) is 6.07 Å². The number of rotatable bonds is 2. The summed E-state index contributed by atoms with van der Waals surface area (Å²) in [5.74, 6) is 0. The van der Waals surface area contributed by atoms with Gasteiger partial charge in [0.05, 0.1) is 4.92 Å². The number of nitrogens with zero attached hydrogens (tertiary/aromatic N) is 1. The summed E-state index contributed by atoms with van der Waals surface area (Å²) >= 11 is 0. The third-order valence-corrected chi connectivity index (χ3v) is 2.54. The van der Waals surface area contributed by atoms with Gasteiger partial charge in [-0.3, -0.25) is 10.1 Å². The minimum atomic E-state index is -0.349. The van der Waals surface area contributed by atoms with Gasteiger partial charge in [0.1, 0.15) is 0 Å². The molecule has 1 atom stereocenters. The largest absolute Gasteiger partial charge is 0.310 e. The lowest BCUT2D eigenvalue weighted by atomic mass is 10.1. The Hall–Kier alpha value is -1.42. The van der Waals surface area contributed by atoms with Crippen LogP contribution in [0.3, 0.4) is 0 Å². The van der Waals surface area contributed by atoms with E-state index >= 15 is 0 Å². The molecule has 1 aliphatic heterocycles. The van der Waals surface area contributed by atoms with Gasteiger partial charge in [-0.1, -0.05) is 12.1 Å². The number of nitrogens with one attached hydrogen (secondary N) is 1. The van der Waals surface area contributed by atoms with E-state index in [-0.39, 0.29) is 10.6 Å². The average Bonchev–Trinajstić information content (AvgIpc) is 2.71. The molecule has 1 saturated heterocycles. The smallest absolute Gasteiger partial charge is 0.269 e. The van der Waals surface area contributed by atoms with Crippen molar-refractivity contribution >= 4 is 5.69 Å². The molecule has 0 aliphatic carbocycles. The van der Waals surface area contributed by atoms with Gasteiger partial charge in [-0.25, -0.2) is 0 Å². The molecule has 2 rings (SSSR count). The van der Waals surface area contributed by atoms with Gasteiger partial charge in [0.2, 0.25) is 0 Å². The highest BCUT2D eigenvalue weighted by atomic mass is 16.6. The molecule has 1 aliphatic rings. The van der Waals surface area contributed by atoms with Crippen LogP contribution in [0, 0.1) is 10.1 Å². The highest BCUT2D eigenvalue weighted by Crippen LogP contribution is 2.25. The highest BCUT2D eigenvalue weighted by molar-refractivity contribution is 5.36. The van der Waals surface area contributed by atoms with Crippen LogP contribution in [0.25, 0.3) is 0 Å². The first-order valence-electron chi connectivity index (χ1n) is 4.75. The molecule has 1 N–H and O–H groups in total. The maximum absolute atomic E-state index is 10.6. The van der Waals surface area contributed by atoms with Gasteiger partial charge in [0.25, 0.3) is 5.69 Å². The summed E-state index contributed by atoms with van der Waals surface area (Å²) in [5, 5.41) is 13.9. The van der Waals surface area contributed by atoms with Gasteiger partial charge < -0.3 is 5.32 Å². The quantitative estimate of drug-likeness (QED) is 0.576. The van der Waals surface area contributed by atoms with E-state index in [9.17, 15) is 10.1 Å². The number of hydrogen-bond acceptors (Lipinski definition) is 3. The Balaban J connectivity index is 2.25. The Morgan fingerprint density at radius 1 is 1.50 bits per heavy atom. The third kappa shape index (κ3) is 1.75. The van der Waals surface area contributed by atoms with Crippen molar-refractivity contribution in [3.05, 3.63) is 39.9 Å². The van der Waals surface area contributed by atoms with E-state index in [4.69, 9.17) is 0 Å². The van der Waals surface area contributed by atoms with Crippen LogP contribution in [0.15, 0.2) is 24.3 Å². The van der Waals surface area contributed by atoms with Crippen LogP contribution >= 0.6 is 0 Å². The van der Waals surface area contributed by atoms with Crippen LogP contribution in [0.4, 0.5) is 5.69 Å². The van der Waals surface area contributed by atoms with E-state index in [0.717, 1.165) is 24.9 Å². The van der Waals surface area contributed by atoms with Gasteiger partial charge >= 0.3 is 0 Å². The summed E-state index contributed by atoms with van der Waals surface area (Å²) in [6.45, 7) is 1.01. The Morgan fingerprint density at radius 2 is 2.36 bits per heavy atom. The Labute approximate surface area is 82.1 Å². The molecule has 0 bridgehead atoms. The van der Waals surface area contributed by atoms with E-state index in [2.05, 4.69) is 5.32 Å². The van der Waals surface area contributed by atoms with Crippen molar-refractivity contribution < 1.29 is 4.92 Å². The first-order valence-corrected chi connectivity index (χ1v) is 4.75. The fourth-order valence-corrected chi connectivity index (χ4v) is 1.82. The summed E-state index contributed by atoms with van der Waals surface area (Å²) in [6.07, 6.45) is 2.22. The second kappa shape index (κ2) is 3.75. The molecule has 0 spiro atoms. The summed E-state index contributed by atoms with van der Waals surface area (Å²) < 4.78 is 0. The molecule has 0 amide bonds. The number of benzene rings is 1. The summed E-state index contributed by atoms with van der Waals surface area (Å²) in [4.78, 5) is 10.2. The lowest BCUT2D eigenvalue weighted by Gasteiger charge is -2.09. The zero-order valence-electron chi connectivity index (χ0n) is 7.77. The molecule has 1 heterocycles. The monoisotopic (exact) mass is 192 g/mol. The van der Waals surface area contributed by atoms with E-state index in [1.54, 1.807) is 12.1 Å². The predicted octanol–water partition coefficient (Wildman–Crippen LogP) is 2.02. The molecule has 4 nitrogen and oxygen atoms in total. The Bertz CT molecular complexity index is 346. The van der Waals surface area contributed by atoms with Crippen molar-refractivity contribution in [1.82, 2.24) is 5.32 Å². The van der Waals surface area contributed by atoms with Crippen molar-refractivity contribution in [2.45, 2.75) is 18.9 Å². The van der Waals surface area contributed by atoms with Crippen LogP contribution in [0.1, 0.15) is 24.4 Å². The second-order valence-corrected chi connectivity index (χ2v) is 3.50. The molecule has 14 heavy (non-hydrogen) atoms. The number of nitro groups is 1. The standard InChI is InChI=1S/C10H12N2O2/c13-12(14)9-4-1-3-8(7-9)10-5-2-6-11-10/h1,3-4,7,10-11H,2,5-6H2/t10-/m1/s1. The normalized spacial score (nSPS) is 21.0. The van der Waals surface area contributed by atoms with E-state index in [0.29, 0.717) is 6.04 Å². The van der Waals surface area contributed by atoms with Crippen molar-refractivity contribution in [1.29, 1.82) is 0 Å². The van der Waals surface area contributed by atoms with Gasteiger partial charge in [-0.15, -0.1) is 0 Å². The van der Waals surface area contributed by atoms with Crippen LogP contribution < -0.4 is 5.32 Å². The van der Waals surface area contributed by atoms with Crippen molar-refractivity contribution in [3.63, 3.8) is 0 Å². The summed E-state index contributed by atoms with van der Waals surface area (Å²) in [5.41, 5.74) is 1.20. The topological polar surface area (TPSA) is 55.2 Å². The molecule has 0 saturated carbocycles. The summed E-state index contributed by atoms with van der Waals surface area (Å²) in [6, 6.07) is 7.17. The number of hydrogen-bond donors (Lipinski definition) is 1. The molecule has 0 radical (unpaired) electrons. The average molecular weight is 192 g/mol. The van der Waals surface area contributed by atoms with Crippen LogP contribution in [0.2, 0.25) is 0 Å². The lowest BCUT2D eigenvalue weighted by Crippen LogP contribution is -2.12. The zero-order valence-corrected chi connectivity index (χ0v) is 7.77. The molecule has 1 aromatic carbocycles. The maximum atomic E-state index is 10.6. The number of non-ortho nitro benzene ring substituents is 1. The fourth-order valence-electron chi connectivity index (χ4n) is 1.82. The minimum Gasteiger partial charge on any atom is -0.310 e. The van der Waals surface area contributed by atoms with Gasteiger partial charge in [0.15, 0.2) is 0 Å². The maximum Gasteiger partial charge on any atom is 0.269 e. The summed E-state index contributed by atoms with van der Waals surface area (Å²) in [7, 11) is 0. The van der Waals surface area contributed by atoms with Crippen molar-refractivity contribution in [3.8, 4) is 0 Å². The molecule has 4 heteroatoms. The van der Waals surface area contributed by atoms with Gasteiger partial charge in [0, 0.05) is 18.2 Å². The first-order chi connectivity index (χ1) is 6.77. The lowest BCUT2D eigenvalue weighted by molar-refractivity contribution is -0.384. The Morgan fingerprint density at radius 3 is 3.00 bits per heavy atom. The molecular formula is C10H12N2O2. The van der Waals surface area contributed by atoms with Crippen LogP contribution in [-0.4, -0.2) is 11.5 Å². The number of nitro benzene ring substituents is 1. The van der Waals surface area contributed by atoms with E-state index < -0.39 is 0 Å². The molecule has 1 aromatic rings. The molecular weight excluding hydrogens is 180 g/mol. The second-order valence-electron chi connectivity index (χ2n) is 3.50. The van der Waals surface area contributed by atoms with Gasteiger partial charge in [-0.2, -0.15) is 0 Å². The molecule has 0 aromatic heterocycles. The fraction of sp³-hybridized carbons (Fsp3) is 0.400. The van der Waals surface area contributed by atoms with Gasteiger partial charge in [-0.05, 0) is 24.9 Å². The van der Waals surface area contributed by atoms with E-state index in [1.807, 2.05) is 6.07 Å². The van der Waals surface area contributed by atoms with Crippen molar-refractivity contribution in [2.24, 2.45) is 0 Å². The van der Waals surface area contributed by atoms with Crippen LogP contribution in [-0.2, 0) is 0 Å². The molecule has 1 fully saturated rings. The molecule has 74 valence electrons. The predicted molar refractivity (Wildman–Crippen MR) is 53.1 cm³/mol. The SMILES string of the molecule is O=[N+]([O-])c1cccc([C@H]2CCCN2)c1. The Kier molecular flexibility index (Phi) is 2.45.